The zero-order valence-electron chi connectivity index (χ0n) is 6.32. The highest BCUT2D eigenvalue weighted by Gasteiger charge is 2.32. The molecule has 0 aromatic rings. The Hall–Kier alpha value is -1.43. The van der Waals surface area contributed by atoms with Crippen molar-refractivity contribution >= 4 is 5.97 Å². The molecule has 1 atom stereocenters. The van der Waals surface area contributed by atoms with Gasteiger partial charge in [-0.3, -0.25) is 4.79 Å². The van der Waals surface area contributed by atoms with Crippen LogP contribution in [0.2, 0.25) is 0 Å². The molecule has 13 heavy (non-hydrogen) atoms. The molecule has 0 spiro atoms. The number of hydrogen-bond acceptors (Lipinski definition) is 2. The number of carboxylic acids is 1. The molecule has 0 aliphatic carbocycles. The Labute approximate surface area is 70.8 Å². The van der Waals surface area contributed by atoms with Crippen LogP contribution in [0.15, 0.2) is 5.11 Å². The second kappa shape index (κ2) is 4.56. The van der Waals surface area contributed by atoms with E-state index in [1.807, 2.05) is 0 Å². The minimum absolute atomic E-state index is 0.816. The van der Waals surface area contributed by atoms with Crippen LogP contribution in [-0.2, 0) is 4.79 Å². The highest BCUT2D eigenvalue weighted by atomic mass is 19.4. The maximum absolute atomic E-state index is 11.7. The summed E-state index contributed by atoms with van der Waals surface area (Å²) in [7, 11) is 0. The van der Waals surface area contributed by atoms with E-state index >= 15 is 0 Å². The van der Waals surface area contributed by atoms with E-state index in [2.05, 4.69) is 10.0 Å². The van der Waals surface area contributed by atoms with E-state index in [9.17, 15) is 18.0 Å². The van der Waals surface area contributed by atoms with Gasteiger partial charge in [0.25, 0.3) is 0 Å². The second-order valence-corrected chi connectivity index (χ2v) is 2.28. The Morgan fingerprint density at radius 1 is 1.62 bits per heavy atom. The van der Waals surface area contributed by atoms with Gasteiger partial charge in [0.05, 0.1) is 18.9 Å². The van der Waals surface area contributed by atoms with Gasteiger partial charge < -0.3 is 5.11 Å². The molecule has 8 heteroatoms. The molecule has 1 N–H and O–H groups in total. The monoisotopic (exact) mass is 197 g/mol. The summed E-state index contributed by atoms with van der Waals surface area (Å²) in [5, 5.41) is 10.9. The number of azide groups is 1. The summed E-state index contributed by atoms with van der Waals surface area (Å²) in [4.78, 5) is 12.2. The first-order chi connectivity index (χ1) is 5.85. The van der Waals surface area contributed by atoms with Crippen LogP contribution in [-0.4, -0.2) is 23.3 Å². The van der Waals surface area contributed by atoms with Crippen molar-refractivity contribution in [1.29, 1.82) is 0 Å². The topological polar surface area (TPSA) is 86.1 Å². The van der Waals surface area contributed by atoms with Crippen molar-refractivity contribution in [3.8, 4) is 0 Å². The number of carboxylic acid groups (broad SMARTS) is 1. The summed E-state index contributed by atoms with van der Waals surface area (Å²) >= 11 is 0. The second-order valence-electron chi connectivity index (χ2n) is 2.28. The third kappa shape index (κ3) is 6.95. The zero-order chi connectivity index (χ0) is 10.5. The molecule has 0 aromatic carbocycles. The molecule has 0 aliphatic heterocycles. The van der Waals surface area contributed by atoms with Gasteiger partial charge in [-0.2, -0.15) is 13.2 Å². The van der Waals surface area contributed by atoms with Gasteiger partial charge >= 0.3 is 12.1 Å². The van der Waals surface area contributed by atoms with E-state index in [4.69, 9.17) is 10.6 Å². The van der Waals surface area contributed by atoms with Crippen LogP contribution in [0, 0.1) is 0 Å². The Morgan fingerprint density at radius 3 is 2.46 bits per heavy atom. The van der Waals surface area contributed by atoms with Crippen LogP contribution in [0.4, 0.5) is 13.2 Å². The van der Waals surface area contributed by atoms with Gasteiger partial charge in [-0.25, -0.2) is 0 Å². The van der Waals surface area contributed by atoms with Crippen molar-refractivity contribution < 1.29 is 23.1 Å². The van der Waals surface area contributed by atoms with Crippen molar-refractivity contribution in [3.63, 3.8) is 0 Å². The van der Waals surface area contributed by atoms with Crippen LogP contribution in [0.25, 0.3) is 10.4 Å². The largest absolute Gasteiger partial charge is 0.481 e. The molecule has 0 rings (SSSR count). The highest BCUT2D eigenvalue weighted by molar-refractivity contribution is 5.67. The summed E-state index contributed by atoms with van der Waals surface area (Å²) in [5.74, 6) is -1.43. The lowest BCUT2D eigenvalue weighted by atomic mass is 10.1. The highest BCUT2D eigenvalue weighted by Crippen LogP contribution is 2.24. The minimum Gasteiger partial charge on any atom is -0.481 e. The number of carbonyl (C=O) groups is 1. The predicted molar refractivity (Wildman–Crippen MR) is 35.9 cm³/mol. The van der Waals surface area contributed by atoms with Crippen LogP contribution in [0.5, 0.6) is 0 Å². The van der Waals surface area contributed by atoms with E-state index < -0.39 is 31.0 Å². The Balaban J connectivity index is 4.26. The molecule has 0 bridgehead atoms. The van der Waals surface area contributed by atoms with Gasteiger partial charge in [0.15, 0.2) is 0 Å². The first kappa shape index (κ1) is 11.6. The van der Waals surface area contributed by atoms with Crippen molar-refractivity contribution in [1.82, 2.24) is 0 Å². The summed E-state index contributed by atoms with van der Waals surface area (Å²) in [5.41, 5.74) is 7.84. The standard InChI is InChI=1S/C5H6F3N3O2/c6-5(7,8)2-3(10-11-9)1-4(12)13/h3H,1-2H2,(H,12,13). The van der Waals surface area contributed by atoms with Crippen molar-refractivity contribution in [2.75, 3.05) is 0 Å². The fraction of sp³-hybridized carbons (Fsp3) is 0.800. The van der Waals surface area contributed by atoms with Gasteiger partial charge in [-0.1, -0.05) is 5.11 Å². The molecule has 0 amide bonds. The predicted octanol–water partition coefficient (Wildman–Crippen LogP) is 2.09. The molecule has 0 fully saturated rings. The van der Waals surface area contributed by atoms with E-state index in [1.165, 1.54) is 0 Å². The van der Waals surface area contributed by atoms with Crippen LogP contribution in [0.3, 0.4) is 0 Å². The molecular formula is C5H6F3N3O2. The van der Waals surface area contributed by atoms with Crippen molar-refractivity contribution in [3.05, 3.63) is 10.4 Å². The third-order valence-corrected chi connectivity index (χ3v) is 1.09. The van der Waals surface area contributed by atoms with Crippen LogP contribution >= 0.6 is 0 Å². The fourth-order valence-corrected chi connectivity index (χ4v) is 0.696. The lowest BCUT2D eigenvalue weighted by Gasteiger charge is -2.10. The molecule has 0 saturated carbocycles. The Bertz CT molecular complexity index is 234. The summed E-state index contributed by atoms with van der Waals surface area (Å²) in [6.07, 6.45) is -6.75. The molecular weight excluding hydrogens is 191 g/mol. The van der Waals surface area contributed by atoms with Crippen molar-refractivity contribution in [2.24, 2.45) is 5.11 Å². The lowest BCUT2D eigenvalue weighted by Crippen LogP contribution is -2.20. The number of halogens is 3. The van der Waals surface area contributed by atoms with Gasteiger partial charge in [-0.05, 0) is 5.53 Å². The summed E-state index contributed by atoms with van der Waals surface area (Å²) < 4.78 is 35.1. The zero-order valence-corrected chi connectivity index (χ0v) is 6.32. The molecule has 0 radical (unpaired) electrons. The minimum atomic E-state index is -4.52. The number of rotatable bonds is 4. The average Bonchev–Trinajstić information content (AvgIpc) is 1.81. The van der Waals surface area contributed by atoms with E-state index in [0.29, 0.717) is 0 Å². The molecule has 0 aromatic heterocycles. The first-order valence-electron chi connectivity index (χ1n) is 3.18. The number of aliphatic carboxylic acids is 1. The van der Waals surface area contributed by atoms with Gasteiger partial charge in [0.1, 0.15) is 0 Å². The van der Waals surface area contributed by atoms with E-state index in [-0.39, 0.29) is 0 Å². The number of alkyl halides is 3. The fourth-order valence-electron chi connectivity index (χ4n) is 0.696. The Kier molecular flexibility index (Phi) is 4.06. The summed E-state index contributed by atoms with van der Waals surface area (Å²) in [6, 6.07) is -1.57. The molecule has 0 heterocycles. The van der Waals surface area contributed by atoms with Gasteiger partial charge in [0.2, 0.25) is 0 Å². The Morgan fingerprint density at radius 2 is 2.15 bits per heavy atom. The van der Waals surface area contributed by atoms with Crippen molar-refractivity contribution in [2.45, 2.75) is 25.1 Å². The van der Waals surface area contributed by atoms with Gasteiger partial charge in [0, 0.05) is 4.91 Å². The molecule has 0 saturated heterocycles. The maximum Gasteiger partial charge on any atom is 0.389 e. The third-order valence-electron chi connectivity index (χ3n) is 1.09. The molecule has 1 unspecified atom stereocenters. The number of nitrogens with zero attached hydrogens (tertiary/aromatic N) is 3. The molecule has 74 valence electrons. The van der Waals surface area contributed by atoms with E-state index in [1.54, 1.807) is 0 Å². The average molecular weight is 197 g/mol. The van der Waals surface area contributed by atoms with Crippen LogP contribution in [0.1, 0.15) is 12.8 Å². The smallest absolute Gasteiger partial charge is 0.389 e. The quantitative estimate of drug-likeness (QED) is 0.425. The summed E-state index contributed by atoms with van der Waals surface area (Å²) in [6.45, 7) is 0. The van der Waals surface area contributed by atoms with Gasteiger partial charge in [-0.15, -0.1) is 0 Å². The lowest BCUT2D eigenvalue weighted by molar-refractivity contribution is -0.145. The maximum atomic E-state index is 11.7. The number of hydrogen-bond donors (Lipinski definition) is 1. The van der Waals surface area contributed by atoms with Crippen LogP contribution < -0.4 is 0 Å². The first-order valence-corrected chi connectivity index (χ1v) is 3.18. The molecule has 0 aliphatic rings. The van der Waals surface area contributed by atoms with E-state index in [0.717, 1.165) is 0 Å². The SMILES string of the molecule is [N-]=[N+]=NC(CC(=O)O)CC(F)(F)F. The normalized spacial score (nSPS) is 13.2. The molecule has 5 nitrogen and oxygen atoms in total.